The number of hydrogen-bond donors (Lipinski definition) is 1. The fourth-order valence-corrected chi connectivity index (χ4v) is 2.10. The molecular weight excluding hydrogens is 276 g/mol. The molecule has 0 amide bonds. The van der Waals surface area contributed by atoms with Gasteiger partial charge in [-0.05, 0) is 31.2 Å². The molecule has 1 aromatic carbocycles. The lowest BCUT2D eigenvalue weighted by Gasteiger charge is -2.19. The van der Waals surface area contributed by atoms with Gasteiger partial charge in [-0.3, -0.25) is 4.68 Å². The topological polar surface area (TPSA) is 52.0 Å². The predicted octanol–water partition coefficient (Wildman–Crippen LogP) is 2.59. The van der Waals surface area contributed by atoms with Crippen LogP contribution in [0.1, 0.15) is 25.1 Å². The van der Waals surface area contributed by atoms with Crippen molar-refractivity contribution < 1.29 is 4.74 Å². The Labute approximate surface area is 123 Å². The van der Waals surface area contributed by atoms with E-state index in [0.717, 1.165) is 24.4 Å². The normalized spacial score (nSPS) is 12.3. The van der Waals surface area contributed by atoms with E-state index in [-0.39, 0.29) is 6.04 Å². The van der Waals surface area contributed by atoms with Gasteiger partial charge in [-0.1, -0.05) is 29.8 Å². The monoisotopic (exact) mass is 294 g/mol. The average molecular weight is 295 g/mol. The third kappa shape index (κ3) is 3.95. The number of hydrogen-bond acceptors (Lipinski definition) is 4. The summed E-state index contributed by atoms with van der Waals surface area (Å²) >= 11 is 5.95. The van der Waals surface area contributed by atoms with Gasteiger partial charge in [-0.15, -0.1) is 5.10 Å². The van der Waals surface area contributed by atoms with Crippen molar-refractivity contribution in [2.75, 3.05) is 13.2 Å². The summed E-state index contributed by atoms with van der Waals surface area (Å²) in [6.07, 6.45) is 2.81. The Balaban J connectivity index is 2.03. The number of rotatable bonds is 7. The van der Waals surface area contributed by atoms with Gasteiger partial charge in [0.2, 0.25) is 0 Å². The van der Waals surface area contributed by atoms with E-state index in [1.165, 1.54) is 0 Å². The molecule has 1 aromatic heterocycles. The first-order valence-electron chi connectivity index (χ1n) is 6.67. The summed E-state index contributed by atoms with van der Waals surface area (Å²) in [5, 5.41) is 12.0. The van der Waals surface area contributed by atoms with E-state index in [0.29, 0.717) is 11.6 Å². The molecule has 1 atom stereocenters. The van der Waals surface area contributed by atoms with Crippen LogP contribution in [-0.4, -0.2) is 28.1 Å². The molecule has 5 nitrogen and oxygen atoms in total. The summed E-state index contributed by atoms with van der Waals surface area (Å²) in [6, 6.07) is 7.45. The molecule has 108 valence electrons. The van der Waals surface area contributed by atoms with Crippen LogP contribution in [0.5, 0.6) is 5.75 Å². The second-order valence-corrected chi connectivity index (χ2v) is 4.99. The summed E-state index contributed by atoms with van der Waals surface area (Å²) in [5.41, 5.74) is 1.00. The first-order chi connectivity index (χ1) is 9.70. The van der Waals surface area contributed by atoms with Gasteiger partial charge in [0.15, 0.2) is 0 Å². The summed E-state index contributed by atoms with van der Waals surface area (Å²) in [4.78, 5) is 0. The summed E-state index contributed by atoms with van der Waals surface area (Å²) < 4.78 is 7.57. The molecule has 0 saturated carbocycles. The van der Waals surface area contributed by atoms with Gasteiger partial charge in [-0.2, -0.15) is 0 Å². The van der Waals surface area contributed by atoms with E-state index in [4.69, 9.17) is 16.3 Å². The summed E-state index contributed by atoms with van der Waals surface area (Å²) in [5.74, 6) is 0.760. The predicted molar refractivity (Wildman–Crippen MR) is 79.0 cm³/mol. The van der Waals surface area contributed by atoms with Crippen LogP contribution in [-0.2, 0) is 7.05 Å². The van der Waals surface area contributed by atoms with Crippen LogP contribution in [0.25, 0.3) is 0 Å². The van der Waals surface area contributed by atoms with Crippen LogP contribution in [0.3, 0.4) is 0 Å². The number of benzene rings is 1. The zero-order valence-electron chi connectivity index (χ0n) is 11.7. The Morgan fingerprint density at radius 1 is 1.45 bits per heavy atom. The molecule has 0 aliphatic carbocycles. The fraction of sp³-hybridized carbons (Fsp3) is 0.429. The Bertz CT molecular complexity index is 543. The van der Waals surface area contributed by atoms with Crippen molar-refractivity contribution in [2.24, 2.45) is 7.05 Å². The molecule has 20 heavy (non-hydrogen) atoms. The van der Waals surface area contributed by atoms with Gasteiger partial charge < -0.3 is 10.1 Å². The van der Waals surface area contributed by atoms with Gasteiger partial charge in [0.05, 0.1) is 17.9 Å². The molecule has 0 fully saturated rings. The second-order valence-electron chi connectivity index (χ2n) is 4.56. The largest absolute Gasteiger partial charge is 0.491 e. The van der Waals surface area contributed by atoms with E-state index in [1.807, 2.05) is 25.2 Å². The van der Waals surface area contributed by atoms with Crippen LogP contribution in [0.4, 0.5) is 0 Å². The van der Waals surface area contributed by atoms with Gasteiger partial charge in [0.25, 0.3) is 0 Å². The number of ether oxygens (including phenoxy) is 1. The molecule has 0 spiro atoms. The van der Waals surface area contributed by atoms with E-state index in [2.05, 4.69) is 22.6 Å². The van der Waals surface area contributed by atoms with E-state index in [9.17, 15) is 0 Å². The molecule has 1 N–H and O–H groups in total. The molecule has 6 heteroatoms. The Morgan fingerprint density at radius 2 is 2.30 bits per heavy atom. The quantitative estimate of drug-likeness (QED) is 0.853. The van der Waals surface area contributed by atoms with E-state index >= 15 is 0 Å². The fourth-order valence-electron chi connectivity index (χ4n) is 1.92. The maximum atomic E-state index is 5.95. The highest BCUT2D eigenvalue weighted by Crippen LogP contribution is 2.19. The van der Waals surface area contributed by atoms with Gasteiger partial charge in [-0.25, -0.2) is 0 Å². The van der Waals surface area contributed by atoms with Crippen LogP contribution in [0, 0.1) is 0 Å². The molecule has 0 saturated heterocycles. The summed E-state index contributed by atoms with van der Waals surface area (Å²) in [7, 11) is 1.88. The molecule has 1 heterocycles. The zero-order chi connectivity index (χ0) is 14.4. The molecule has 0 aliphatic heterocycles. The smallest absolute Gasteiger partial charge is 0.120 e. The van der Waals surface area contributed by atoms with Crippen LogP contribution >= 0.6 is 11.6 Å². The molecule has 2 rings (SSSR count). The van der Waals surface area contributed by atoms with Crippen molar-refractivity contribution in [3.05, 3.63) is 41.2 Å². The average Bonchev–Trinajstić information content (AvgIpc) is 2.85. The Morgan fingerprint density at radius 3 is 2.95 bits per heavy atom. The maximum Gasteiger partial charge on any atom is 0.120 e. The molecular formula is C14H19ClN4O. The SMILES string of the molecule is CCCNC(COc1cccc(Cl)c1)c1cnnn1C. The van der Waals surface area contributed by atoms with Crippen molar-refractivity contribution in [3.8, 4) is 5.75 Å². The van der Waals surface area contributed by atoms with Gasteiger partial charge >= 0.3 is 0 Å². The van der Waals surface area contributed by atoms with Crippen LogP contribution in [0.2, 0.25) is 5.02 Å². The first-order valence-corrected chi connectivity index (χ1v) is 7.05. The maximum absolute atomic E-state index is 5.95. The van der Waals surface area contributed by atoms with Crippen molar-refractivity contribution >= 4 is 11.6 Å². The highest BCUT2D eigenvalue weighted by molar-refractivity contribution is 6.30. The lowest BCUT2D eigenvalue weighted by atomic mass is 10.2. The van der Waals surface area contributed by atoms with Crippen LogP contribution < -0.4 is 10.1 Å². The van der Waals surface area contributed by atoms with Gasteiger partial charge in [0.1, 0.15) is 12.4 Å². The third-order valence-electron chi connectivity index (χ3n) is 2.96. The number of aryl methyl sites for hydroxylation is 1. The van der Waals surface area contributed by atoms with E-state index < -0.39 is 0 Å². The highest BCUT2D eigenvalue weighted by atomic mass is 35.5. The highest BCUT2D eigenvalue weighted by Gasteiger charge is 2.16. The number of halogens is 1. The van der Waals surface area contributed by atoms with Crippen molar-refractivity contribution in [1.29, 1.82) is 0 Å². The minimum Gasteiger partial charge on any atom is -0.491 e. The lowest BCUT2D eigenvalue weighted by molar-refractivity contribution is 0.260. The number of aromatic nitrogens is 3. The summed E-state index contributed by atoms with van der Waals surface area (Å²) in [6.45, 7) is 3.54. The molecule has 0 aliphatic rings. The molecule has 1 unspecified atom stereocenters. The second kappa shape index (κ2) is 7.26. The minimum absolute atomic E-state index is 0.0499. The lowest BCUT2D eigenvalue weighted by Crippen LogP contribution is -2.29. The third-order valence-corrected chi connectivity index (χ3v) is 3.20. The number of nitrogens with zero attached hydrogens (tertiary/aromatic N) is 3. The Kier molecular flexibility index (Phi) is 5.38. The zero-order valence-corrected chi connectivity index (χ0v) is 12.5. The minimum atomic E-state index is 0.0499. The van der Waals surface area contributed by atoms with Crippen LogP contribution in [0.15, 0.2) is 30.5 Å². The first kappa shape index (κ1) is 14.8. The molecule has 2 aromatic rings. The van der Waals surface area contributed by atoms with Gasteiger partial charge in [0, 0.05) is 12.1 Å². The molecule has 0 bridgehead atoms. The van der Waals surface area contributed by atoms with Crippen molar-refractivity contribution in [2.45, 2.75) is 19.4 Å². The number of nitrogens with one attached hydrogen (secondary N) is 1. The van der Waals surface area contributed by atoms with Crippen molar-refractivity contribution in [1.82, 2.24) is 20.3 Å². The van der Waals surface area contributed by atoms with Crippen molar-refractivity contribution in [3.63, 3.8) is 0 Å². The standard InChI is InChI=1S/C14H19ClN4O/c1-3-7-16-13(14-9-17-18-19(14)2)10-20-12-6-4-5-11(15)8-12/h4-6,8-9,13,16H,3,7,10H2,1-2H3. The molecule has 0 radical (unpaired) electrons. The van der Waals surface area contributed by atoms with E-state index in [1.54, 1.807) is 16.9 Å². The Hall–Kier alpha value is -1.59.